The highest BCUT2D eigenvalue weighted by molar-refractivity contribution is 7.92. The SMILES string of the molecule is O=[N+]([O-])c1ccc(COc2ccc([C@H]3Nc4ccc(S(=O)(=O)Nc5ccc(Oc6ccccc6)cc5)cc4[C@H]4C=CC[C@H]43)cc2)cc1. The van der Waals surface area contributed by atoms with Crippen LogP contribution >= 0.6 is 0 Å². The summed E-state index contributed by atoms with van der Waals surface area (Å²) in [6, 6.07) is 35.8. The van der Waals surface area contributed by atoms with Crippen molar-refractivity contribution in [3.8, 4) is 17.2 Å². The van der Waals surface area contributed by atoms with E-state index in [2.05, 4.69) is 22.2 Å². The van der Waals surface area contributed by atoms with Crippen LogP contribution in [0.3, 0.4) is 0 Å². The summed E-state index contributed by atoms with van der Waals surface area (Å²) in [5, 5.41) is 14.6. The first-order valence-electron chi connectivity index (χ1n) is 15.2. The van der Waals surface area contributed by atoms with E-state index >= 15 is 0 Å². The lowest BCUT2D eigenvalue weighted by atomic mass is 9.77. The van der Waals surface area contributed by atoms with Crippen LogP contribution in [0.4, 0.5) is 17.1 Å². The largest absolute Gasteiger partial charge is 0.489 e. The third kappa shape index (κ3) is 6.54. The first-order valence-corrected chi connectivity index (χ1v) is 16.7. The van der Waals surface area contributed by atoms with Gasteiger partial charge in [0.2, 0.25) is 0 Å². The van der Waals surface area contributed by atoms with E-state index in [0.717, 1.165) is 28.8 Å². The molecule has 1 aliphatic heterocycles. The van der Waals surface area contributed by atoms with Crippen molar-refractivity contribution in [2.24, 2.45) is 5.92 Å². The fourth-order valence-corrected chi connectivity index (χ4v) is 7.24. The second kappa shape index (κ2) is 12.6. The zero-order chi connectivity index (χ0) is 32.4. The van der Waals surface area contributed by atoms with Crippen LogP contribution in [0.25, 0.3) is 0 Å². The van der Waals surface area contributed by atoms with Crippen LogP contribution in [0, 0.1) is 16.0 Å². The summed E-state index contributed by atoms with van der Waals surface area (Å²) in [6.07, 6.45) is 5.21. The van der Waals surface area contributed by atoms with Gasteiger partial charge in [-0.25, -0.2) is 8.42 Å². The van der Waals surface area contributed by atoms with Crippen LogP contribution in [0.2, 0.25) is 0 Å². The van der Waals surface area contributed by atoms with Crippen LogP contribution in [-0.2, 0) is 16.6 Å². The van der Waals surface area contributed by atoms with Crippen molar-refractivity contribution in [2.75, 3.05) is 10.0 Å². The van der Waals surface area contributed by atoms with Gasteiger partial charge in [0.15, 0.2) is 0 Å². The molecule has 1 aliphatic carbocycles. The Bertz CT molecular complexity index is 2030. The van der Waals surface area contributed by atoms with Crippen LogP contribution in [-0.4, -0.2) is 13.3 Å². The molecule has 10 heteroatoms. The van der Waals surface area contributed by atoms with E-state index in [1.165, 1.54) is 12.1 Å². The maximum atomic E-state index is 13.4. The molecule has 0 bridgehead atoms. The summed E-state index contributed by atoms with van der Waals surface area (Å²) >= 11 is 0. The van der Waals surface area contributed by atoms with Gasteiger partial charge >= 0.3 is 0 Å². The number of non-ortho nitro benzene ring substituents is 1. The summed E-state index contributed by atoms with van der Waals surface area (Å²) in [5.41, 5.74) is 4.30. The molecule has 1 heterocycles. The topological polar surface area (TPSA) is 120 Å². The highest BCUT2D eigenvalue weighted by Crippen LogP contribution is 2.50. The Morgan fingerprint density at radius 2 is 1.53 bits per heavy atom. The normalized spacial score (nSPS) is 18.0. The number of nitro benzene ring substituents is 1. The summed E-state index contributed by atoms with van der Waals surface area (Å²) in [4.78, 5) is 10.7. The van der Waals surface area contributed by atoms with Gasteiger partial charge in [-0.3, -0.25) is 14.8 Å². The van der Waals surface area contributed by atoms with Gasteiger partial charge in [-0.1, -0.05) is 42.5 Å². The quantitative estimate of drug-likeness (QED) is 0.0887. The molecule has 0 radical (unpaired) electrons. The molecule has 47 heavy (non-hydrogen) atoms. The summed E-state index contributed by atoms with van der Waals surface area (Å²) in [7, 11) is -3.84. The van der Waals surface area contributed by atoms with E-state index in [1.54, 1.807) is 48.5 Å². The number of allylic oxidation sites excluding steroid dienone is 2. The van der Waals surface area contributed by atoms with E-state index in [9.17, 15) is 18.5 Å². The van der Waals surface area contributed by atoms with Crippen molar-refractivity contribution in [1.82, 2.24) is 0 Å². The van der Waals surface area contributed by atoms with Crippen molar-refractivity contribution in [1.29, 1.82) is 0 Å². The van der Waals surface area contributed by atoms with Crippen molar-refractivity contribution in [2.45, 2.75) is 29.9 Å². The molecule has 0 saturated carbocycles. The van der Waals surface area contributed by atoms with Gasteiger partial charge < -0.3 is 14.8 Å². The highest BCUT2D eigenvalue weighted by atomic mass is 32.2. The lowest BCUT2D eigenvalue weighted by Gasteiger charge is -2.37. The van der Waals surface area contributed by atoms with E-state index in [-0.39, 0.29) is 28.5 Å². The molecule has 0 saturated heterocycles. The first-order chi connectivity index (χ1) is 22.8. The lowest BCUT2D eigenvalue weighted by Crippen LogP contribution is -2.29. The Kier molecular flexibility index (Phi) is 8.09. The second-order valence-electron chi connectivity index (χ2n) is 11.6. The molecule has 5 aromatic carbocycles. The van der Waals surface area contributed by atoms with Crippen LogP contribution < -0.4 is 19.5 Å². The van der Waals surface area contributed by atoms with Gasteiger partial charge in [-0.2, -0.15) is 0 Å². The molecule has 0 fully saturated rings. The molecule has 0 spiro atoms. The average Bonchev–Trinajstić information content (AvgIpc) is 3.59. The first kappa shape index (κ1) is 30.1. The Morgan fingerprint density at radius 1 is 0.830 bits per heavy atom. The number of hydrogen-bond acceptors (Lipinski definition) is 7. The van der Waals surface area contributed by atoms with Gasteiger partial charge in [-0.05, 0) is 108 Å². The average molecular weight is 646 g/mol. The maximum absolute atomic E-state index is 13.4. The van der Waals surface area contributed by atoms with Gasteiger partial charge in [0.25, 0.3) is 15.7 Å². The zero-order valence-corrected chi connectivity index (χ0v) is 26.0. The lowest BCUT2D eigenvalue weighted by molar-refractivity contribution is -0.384. The number of sulfonamides is 1. The number of hydrogen-bond donors (Lipinski definition) is 2. The molecule has 3 atom stereocenters. The fourth-order valence-electron chi connectivity index (χ4n) is 6.15. The van der Waals surface area contributed by atoms with Crippen molar-refractivity contribution < 1.29 is 22.8 Å². The molecular weight excluding hydrogens is 614 g/mol. The van der Waals surface area contributed by atoms with E-state index in [4.69, 9.17) is 9.47 Å². The summed E-state index contributed by atoms with van der Waals surface area (Å²) < 4.78 is 41.3. The van der Waals surface area contributed by atoms with Crippen LogP contribution in [0.15, 0.2) is 138 Å². The number of nitrogens with zero attached hydrogens (tertiary/aromatic N) is 1. The molecule has 9 nitrogen and oxygen atoms in total. The summed E-state index contributed by atoms with van der Waals surface area (Å²) in [5.74, 6) is 2.30. The van der Waals surface area contributed by atoms with E-state index in [0.29, 0.717) is 29.5 Å². The predicted molar refractivity (Wildman–Crippen MR) is 180 cm³/mol. The third-order valence-electron chi connectivity index (χ3n) is 8.52. The fraction of sp³-hybridized carbons (Fsp3) is 0.135. The van der Waals surface area contributed by atoms with Gasteiger partial charge in [0, 0.05) is 29.4 Å². The Balaban J connectivity index is 1.03. The van der Waals surface area contributed by atoms with Crippen LogP contribution in [0.1, 0.15) is 35.1 Å². The molecule has 236 valence electrons. The van der Waals surface area contributed by atoms with Gasteiger partial charge in [0.05, 0.1) is 15.9 Å². The number of ether oxygens (including phenoxy) is 2. The Hall–Kier alpha value is -5.61. The van der Waals surface area contributed by atoms with Gasteiger partial charge in [-0.15, -0.1) is 0 Å². The van der Waals surface area contributed by atoms with Gasteiger partial charge in [0.1, 0.15) is 23.9 Å². The number of para-hydroxylation sites is 1. The molecule has 0 aromatic heterocycles. The zero-order valence-electron chi connectivity index (χ0n) is 25.2. The number of nitrogens with one attached hydrogen (secondary N) is 2. The Labute approximate surface area is 272 Å². The third-order valence-corrected chi connectivity index (χ3v) is 9.90. The number of rotatable bonds is 10. The Morgan fingerprint density at radius 3 is 2.26 bits per heavy atom. The molecule has 5 aromatic rings. The predicted octanol–water partition coefficient (Wildman–Crippen LogP) is 8.59. The number of anilines is 2. The number of fused-ring (bicyclic) bond motifs is 3. The van der Waals surface area contributed by atoms with Crippen molar-refractivity contribution >= 4 is 27.1 Å². The van der Waals surface area contributed by atoms with Crippen molar-refractivity contribution in [3.63, 3.8) is 0 Å². The monoisotopic (exact) mass is 645 g/mol. The van der Waals surface area contributed by atoms with E-state index < -0.39 is 14.9 Å². The summed E-state index contributed by atoms with van der Waals surface area (Å²) in [6.45, 7) is 0.301. The standard InChI is InChI=1S/C37H31N3O6S/c41-40(42)28-15-9-25(10-16-28)24-45-29-17-11-26(12-18-29)37-34-8-4-7-33(34)35-23-32(21-22-36(35)38-37)47(43,44)39-27-13-19-31(20-14-27)46-30-5-2-1-3-6-30/h1-7,9-23,33-34,37-39H,8,24H2/t33-,34+,37+/m0/s1. The minimum Gasteiger partial charge on any atom is -0.489 e. The maximum Gasteiger partial charge on any atom is 0.269 e. The molecule has 7 rings (SSSR count). The molecule has 0 unspecified atom stereocenters. The molecule has 0 amide bonds. The number of benzene rings is 5. The van der Waals surface area contributed by atoms with Crippen molar-refractivity contribution in [3.05, 3.63) is 160 Å². The minimum absolute atomic E-state index is 0.0309. The van der Waals surface area contributed by atoms with E-state index in [1.807, 2.05) is 60.7 Å². The smallest absolute Gasteiger partial charge is 0.269 e. The minimum atomic E-state index is -3.84. The van der Waals surface area contributed by atoms with Crippen LogP contribution in [0.5, 0.6) is 17.2 Å². The number of nitro groups is 1. The second-order valence-corrected chi connectivity index (χ2v) is 13.2. The highest BCUT2D eigenvalue weighted by Gasteiger charge is 2.38. The molecule has 2 N–H and O–H groups in total. The molecular formula is C37H31N3O6S. The molecule has 2 aliphatic rings.